The summed E-state index contributed by atoms with van der Waals surface area (Å²) >= 11 is 5.91. The van der Waals surface area contributed by atoms with Gasteiger partial charge in [-0.3, -0.25) is 4.99 Å². The molecule has 2 aromatic rings. The van der Waals surface area contributed by atoms with Crippen LogP contribution in [0.2, 0.25) is 5.02 Å². The quantitative estimate of drug-likeness (QED) is 0.823. The summed E-state index contributed by atoms with van der Waals surface area (Å²) in [6.07, 6.45) is 4.45. The molecule has 0 atom stereocenters. The molecule has 98 valence electrons. The molecule has 0 radical (unpaired) electrons. The van der Waals surface area contributed by atoms with Crippen LogP contribution in [0.3, 0.4) is 0 Å². The van der Waals surface area contributed by atoms with Gasteiger partial charge in [-0.05, 0) is 25.5 Å². The maximum atomic E-state index is 13.4. The molecular weight excluding hydrogens is 265 g/mol. The van der Waals surface area contributed by atoms with Crippen LogP contribution in [-0.2, 0) is 0 Å². The average molecular weight is 278 g/mol. The molecule has 0 aliphatic heterocycles. The number of aromatic amines is 1. The number of allylic oxidation sites excluding steroid dienone is 2. The predicted molar refractivity (Wildman–Crippen MR) is 78.1 cm³/mol. The Hall–Kier alpha value is -1.94. The maximum Gasteiger partial charge on any atom is 0.140 e. The first-order valence-electron chi connectivity index (χ1n) is 5.68. The summed E-state index contributed by atoms with van der Waals surface area (Å²) in [5, 5.41) is 1.34. The number of pyridine rings is 1. The molecule has 0 aliphatic rings. The lowest BCUT2D eigenvalue weighted by Gasteiger charge is -1.98. The van der Waals surface area contributed by atoms with E-state index in [2.05, 4.69) is 21.5 Å². The van der Waals surface area contributed by atoms with Crippen LogP contribution in [0.1, 0.15) is 19.4 Å². The molecule has 0 amide bonds. The zero-order chi connectivity index (χ0) is 14.0. The van der Waals surface area contributed by atoms with Crippen LogP contribution in [0, 0.1) is 0 Å². The number of H-pyrrole nitrogens is 1. The Morgan fingerprint density at radius 3 is 2.95 bits per heavy atom. The number of nitrogens with zero attached hydrogens (tertiary/aromatic N) is 2. The topological polar surface area (TPSA) is 41.0 Å². The van der Waals surface area contributed by atoms with Gasteiger partial charge in [0.2, 0.25) is 0 Å². The van der Waals surface area contributed by atoms with E-state index >= 15 is 0 Å². The Morgan fingerprint density at radius 1 is 1.53 bits per heavy atom. The Morgan fingerprint density at radius 2 is 2.26 bits per heavy atom. The molecule has 2 aromatic heterocycles. The number of aliphatic imine (C=N–C) groups is 1. The predicted octanol–water partition coefficient (Wildman–Crippen LogP) is 4.52. The van der Waals surface area contributed by atoms with Gasteiger partial charge in [0.1, 0.15) is 11.5 Å². The standard InChI is InChI=1S/C14H13ClFN3/c1-8(2)13(16)7-17-9(3)12-6-19-14-11(12)4-10(15)5-18-14/h4-7H,3H2,1-2H3,(H,18,19)/b17-7-. The molecule has 2 heterocycles. The first kappa shape index (κ1) is 13.5. The molecular formula is C14H13ClFN3. The van der Waals surface area contributed by atoms with Crippen molar-refractivity contribution in [3.05, 3.63) is 47.0 Å². The lowest BCUT2D eigenvalue weighted by molar-refractivity contribution is 0.674. The number of rotatable bonds is 3. The molecule has 0 saturated carbocycles. The molecule has 0 spiro atoms. The van der Waals surface area contributed by atoms with Crippen molar-refractivity contribution < 1.29 is 4.39 Å². The van der Waals surface area contributed by atoms with Crippen molar-refractivity contribution in [2.45, 2.75) is 13.8 Å². The molecule has 2 rings (SSSR count). The van der Waals surface area contributed by atoms with Crippen molar-refractivity contribution >= 4 is 34.5 Å². The van der Waals surface area contributed by atoms with E-state index in [0.29, 0.717) is 21.9 Å². The van der Waals surface area contributed by atoms with Gasteiger partial charge < -0.3 is 4.98 Å². The highest BCUT2D eigenvalue weighted by molar-refractivity contribution is 6.31. The number of hydrogen-bond donors (Lipinski definition) is 1. The highest BCUT2D eigenvalue weighted by Gasteiger charge is 2.07. The molecule has 0 saturated heterocycles. The molecule has 0 bridgehead atoms. The number of aromatic nitrogens is 2. The van der Waals surface area contributed by atoms with Crippen molar-refractivity contribution in [3.63, 3.8) is 0 Å². The summed E-state index contributed by atoms with van der Waals surface area (Å²) < 4.78 is 13.4. The van der Waals surface area contributed by atoms with Crippen molar-refractivity contribution in [2.24, 2.45) is 4.99 Å². The van der Waals surface area contributed by atoms with Crippen LogP contribution in [0.15, 0.2) is 41.4 Å². The van der Waals surface area contributed by atoms with Gasteiger partial charge in [-0.2, -0.15) is 0 Å². The van der Waals surface area contributed by atoms with Gasteiger partial charge >= 0.3 is 0 Å². The van der Waals surface area contributed by atoms with E-state index in [1.165, 1.54) is 0 Å². The number of nitrogens with one attached hydrogen (secondary N) is 1. The second-order valence-electron chi connectivity index (χ2n) is 4.30. The fourth-order valence-electron chi connectivity index (χ4n) is 1.55. The number of hydrogen-bond acceptors (Lipinski definition) is 2. The third-order valence-electron chi connectivity index (χ3n) is 2.62. The highest BCUT2D eigenvalue weighted by Crippen LogP contribution is 2.25. The van der Waals surface area contributed by atoms with E-state index in [9.17, 15) is 4.39 Å². The summed E-state index contributed by atoms with van der Waals surface area (Å²) in [7, 11) is 0. The molecule has 1 N–H and O–H groups in total. The smallest absolute Gasteiger partial charge is 0.140 e. The molecule has 0 fully saturated rings. The lowest BCUT2D eigenvalue weighted by atomic mass is 10.2. The van der Waals surface area contributed by atoms with Crippen molar-refractivity contribution in [3.8, 4) is 0 Å². The lowest BCUT2D eigenvalue weighted by Crippen LogP contribution is -1.83. The third kappa shape index (κ3) is 2.90. The van der Waals surface area contributed by atoms with Crippen molar-refractivity contribution in [2.75, 3.05) is 0 Å². The van der Waals surface area contributed by atoms with Crippen molar-refractivity contribution in [1.29, 1.82) is 0 Å². The Balaban J connectivity index is 2.37. The second-order valence-corrected chi connectivity index (χ2v) is 4.74. The van der Waals surface area contributed by atoms with E-state index < -0.39 is 0 Å². The Bertz CT molecular complexity index is 694. The van der Waals surface area contributed by atoms with Crippen molar-refractivity contribution in [1.82, 2.24) is 9.97 Å². The average Bonchev–Trinajstić information content (AvgIpc) is 2.78. The van der Waals surface area contributed by atoms with Gasteiger partial charge in [-0.15, -0.1) is 0 Å². The fourth-order valence-corrected chi connectivity index (χ4v) is 1.71. The Kier molecular flexibility index (Phi) is 3.81. The van der Waals surface area contributed by atoms with E-state index in [0.717, 1.165) is 17.2 Å². The third-order valence-corrected chi connectivity index (χ3v) is 2.83. The summed E-state index contributed by atoms with van der Waals surface area (Å²) in [4.78, 5) is 11.2. The maximum absolute atomic E-state index is 13.4. The zero-order valence-electron chi connectivity index (χ0n) is 10.7. The van der Waals surface area contributed by atoms with E-state index in [1.807, 2.05) is 0 Å². The molecule has 5 heteroatoms. The minimum Gasteiger partial charge on any atom is -0.345 e. The number of halogens is 2. The normalized spacial score (nSPS) is 11.2. The highest BCUT2D eigenvalue weighted by atomic mass is 35.5. The fraction of sp³-hybridized carbons (Fsp3) is 0.143. The second kappa shape index (κ2) is 5.36. The van der Waals surface area contributed by atoms with Gasteiger partial charge in [-0.25, -0.2) is 9.37 Å². The van der Waals surface area contributed by atoms with Gasteiger partial charge in [0.05, 0.1) is 16.9 Å². The molecule has 3 nitrogen and oxygen atoms in total. The SMILES string of the molecule is C=C(/N=C\C(F)=C(C)C)c1c[nH]c2ncc(Cl)cc12. The summed E-state index contributed by atoms with van der Waals surface area (Å²) in [5.74, 6) is -0.364. The van der Waals surface area contributed by atoms with E-state index in [-0.39, 0.29) is 5.83 Å². The molecule has 0 aromatic carbocycles. The van der Waals surface area contributed by atoms with E-state index in [4.69, 9.17) is 11.6 Å². The van der Waals surface area contributed by atoms with Crippen LogP contribution in [0.5, 0.6) is 0 Å². The molecule has 19 heavy (non-hydrogen) atoms. The van der Waals surface area contributed by atoms with Gasteiger partial charge in [0.15, 0.2) is 0 Å². The molecule has 0 aliphatic carbocycles. The van der Waals surface area contributed by atoms with E-state index in [1.54, 1.807) is 32.3 Å². The summed E-state index contributed by atoms with van der Waals surface area (Å²) in [6.45, 7) is 7.19. The Labute approximate surface area is 115 Å². The minimum atomic E-state index is -0.364. The summed E-state index contributed by atoms with van der Waals surface area (Å²) in [5.41, 5.74) is 2.47. The number of fused-ring (bicyclic) bond motifs is 1. The van der Waals surface area contributed by atoms with Crippen LogP contribution < -0.4 is 0 Å². The zero-order valence-corrected chi connectivity index (χ0v) is 11.4. The van der Waals surface area contributed by atoms with Gasteiger partial charge in [0.25, 0.3) is 0 Å². The first-order chi connectivity index (χ1) is 8.99. The van der Waals surface area contributed by atoms with Crippen LogP contribution in [0.4, 0.5) is 4.39 Å². The summed E-state index contributed by atoms with van der Waals surface area (Å²) in [6, 6.07) is 1.77. The first-order valence-corrected chi connectivity index (χ1v) is 6.06. The van der Waals surface area contributed by atoms with Crippen LogP contribution in [-0.4, -0.2) is 16.2 Å². The monoisotopic (exact) mass is 277 g/mol. The van der Waals surface area contributed by atoms with Gasteiger partial charge in [-0.1, -0.05) is 18.2 Å². The molecule has 0 unspecified atom stereocenters. The van der Waals surface area contributed by atoms with Crippen LogP contribution >= 0.6 is 11.6 Å². The minimum absolute atomic E-state index is 0.364. The van der Waals surface area contributed by atoms with Gasteiger partial charge in [0, 0.05) is 23.3 Å². The van der Waals surface area contributed by atoms with Crippen LogP contribution in [0.25, 0.3) is 16.7 Å². The largest absolute Gasteiger partial charge is 0.345 e.